The molecule has 3 aromatic carbocycles. The molecule has 212 valence electrons. The summed E-state index contributed by atoms with van der Waals surface area (Å²) in [5.41, 5.74) is 6.75. The molecule has 3 amide bonds. The molecule has 0 saturated heterocycles. The molecule has 0 bridgehead atoms. The van der Waals surface area contributed by atoms with Crippen LogP contribution in [0.25, 0.3) is 5.69 Å². The van der Waals surface area contributed by atoms with Crippen LogP contribution in [-0.4, -0.2) is 34.3 Å². The summed E-state index contributed by atoms with van der Waals surface area (Å²) in [6.07, 6.45) is -1.69. The third-order valence-electron chi connectivity index (χ3n) is 5.87. The van der Waals surface area contributed by atoms with Gasteiger partial charge in [0, 0.05) is 11.3 Å². The molecule has 1 aromatic heterocycles. The maximum absolute atomic E-state index is 12.6. The van der Waals surface area contributed by atoms with Crippen molar-refractivity contribution in [1.29, 1.82) is 0 Å². The van der Waals surface area contributed by atoms with E-state index in [1.165, 1.54) is 18.3 Å². The van der Waals surface area contributed by atoms with E-state index in [1.807, 2.05) is 38.1 Å². The number of aromatic nitrogens is 2. The second-order valence-electron chi connectivity index (χ2n) is 9.26. The van der Waals surface area contributed by atoms with Gasteiger partial charge in [-0.2, -0.15) is 10.2 Å². The normalized spacial score (nSPS) is 11.5. The van der Waals surface area contributed by atoms with Gasteiger partial charge in [0.15, 0.2) is 0 Å². The van der Waals surface area contributed by atoms with E-state index in [1.54, 1.807) is 42.1 Å². The van der Waals surface area contributed by atoms with Gasteiger partial charge in [0.25, 0.3) is 5.91 Å². The van der Waals surface area contributed by atoms with Crippen LogP contribution in [0.1, 0.15) is 46.9 Å². The number of hydrogen-bond donors (Lipinski definition) is 3. The molecule has 0 aliphatic rings. The van der Waals surface area contributed by atoms with Crippen molar-refractivity contribution in [2.24, 2.45) is 5.10 Å². The van der Waals surface area contributed by atoms with E-state index in [-0.39, 0.29) is 11.5 Å². The summed E-state index contributed by atoms with van der Waals surface area (Å²) in [6.45, 7) is 5.80. The number of alkyl halides is 3. The number of amides is 3. The molecular formula is C29H27F3N6O3. The van der Waals surface area contributed by atoms with Gasteiger partial charge in [0.2, 0.25) is 0 Å². The number of ether oxygens (including phenoxy) is 1. The molecule has 0 radical (unpaired) electrons. The van der Waals surface area contributed by atoms with Crippen LogP contribution in [0, 0.1) is 6.92 Å². The standard InChI is InChI=1S/C29H27F3N6O3/c1-18(2)24-6-4-5-7-25(24)35-28(40)36-33-16-20-8-12-22(13-9-20)38-17-26(19(3)37-38)34-27(39)21-10-14-23(15-11-21)41-29(30,31)32/h4-18H,1-3H3,(H,34,39)(H2,35,36,40)/b33-16+. The van der Waals surface area contributed by atoms with Crippen LogP contribution in [0.5, 0.6) is 5.75 Å². The van der Waals surface area contributed by atoms with Gasteiger partial charge < -0.3 is 15.4 Å². The zero-order valence-corrected chi connectivity index (χ0v) is 22.4. The van der Waals surface area contributed by atoms with Crippen molar-refractivity contribution in [2.75, 3.05) is 10.6 Å². The first-order valence-corrected chi connectivity index (χ1v) is 12.5. The number of carbonyl (C=O) groups is 2. The molecule has 9 nitrogen and oxygen atoms in total. The fourth-order valence-corrected chi connectivity index (χ4v) is 3.86. The third kappa shape index (κ3) is 7.94. The van der Waals surface area contributed by atoms with Crippen molar-refractivity contribution in [3.8, 4) is 11.4 Å². The van der Waals surface area contributed by atoms with Crippen molar-refractivity contribution in [1.82, 2.24) is 15.2 Å². The van der Waals surface area contributed by atoms with Gasteiger partial charge >= 0.3 is 12.4 Å². The molecule has 4 rings (SSSR count). The van der Waals surface area contributed by atoms with Crippen LogP contribution in [-0.2, 0) is 0 Å². The van der Waals surface area contributed by atoms with Crippen LogP contribution in [0.3, 0.4) is 0 Å². The molecule has 0 aliphatic heterocycles. The zero-order valence-electron chi connectivity index (χ0n) is 22.4. The van der Waals surface area contributed by atoms with E-state index < -0.39 is 24.1 Å². The minimum atomic E-state index is -4.81. The van der Waals surface area contributed by atoms with Crippen LogP contribution in [0.15, 0.2) is 84.1 Å². The monoisotopic (exact) mass is 564 g/mol. The van der Waals surface area contributed by atoms with Gasteiger partial charge in [-0.3, -0.25) is 4.79 Å². The molecular weight excluding hydrogens is 537 g/mol. The number of para-hydroxylation sites is 1. The smallest absolute Gasteiger partial charge is 0.406 e. The zero-order chi connectivity index (χ0) is 29.6. The molecule has 0 unspecified atom stereocenters. The van der Waals surface area contributed by atoms with Crippen LogP contribution < -0.4 is 20.8 Å². The lowest BCUT2D eigenvalue weighted by Crippen LogP contribution is -2.24. The lowest BCUT2D eigenvalue weighted by Gasteiger charge is -2.12. The number of urea groups is 1. The molecule has 41 heavy (non-hydrogen) atoms. The van der Waals surface area contributed by atoms with Crippen molar-refractivity contribution in [3.63, 3.8) is 0 Å². The first kappa shape index (κ1) is 28.9. The topological polar surface area (TPSA) is 110 Å². The number of nitrogens with zero attached hydrogens (tertiary/aromatic N) is 3. The van der Waals surface area contributed by atoms with Crippen LogP contribution in [0.4, 0.5) is 29.3 Å². The molecule has 0 saturated carbocycles. The van der Waals surface area contributed by atoms with E-state index in [9.17, 15) is 22.8 Å². The fourth-order valence-electron chi connectivity index (χ4n) is 3.86. The number of nitrogens with one attached hydrogen (secondary N) is 3. The van der Waals surface area contributed by atoms with E-state index in [4.69, 9.17) is 0 Å². The van der Waals surface area contributed by atoms with E-state index in [0.717, 1.165) is 28.9 Å². The van der Waals surface area contributed by atoms with E-state index >= 15 is 0 Å². The van der Waals surface area contributed by atoms with Gasteiger partial charge in [-0.05, 0) is 66.4 Å². The van der Waals surface area contributed by atoms with Gasteiger partial charge in [-0.25, -0.2) is 14.9 Å². The molecule has 0 spiro atoms. The summed E-state index contributed by atoms with van der Waals surface area (Å²) < 4.78 is 42.4. The lowest BCUT2D eigenvalue weighted by atomic mass is 10.0. The summed E-state index contributed by atoms with van der Waals surface area (Å²) >= 11 is 0. The minimum Gasteiger partial charge on any atom is -0.406 e. The average Bonchev–Trinajstić information content (AvgIpc) is 3.28. The summed E-state index contributed by atoms with van der Waals surface area (Å²) in [7, 11) is 0. The van der Waals surface area contributed by atoms with Gasteiger partial charge in [-0.1, -0.05) is 44.2 Å². The Morgan fingerprint density at radius 2 is 1.63 bits per heavy atom. The second-order valence-corrected chi connectivity index (χ2v) is 9.26. The maximum Gasteiger partial charge on any atom is 0.573 e. The Bertz CT molecular complexity index is 1550. The highest BCUT2D eigenvalue weighted by atomic mass is 19.4. The Labute approximate surface area is 234 Å². The Balaban J connectivity index is 1.34. The number of hydrogen-bond acceptors (Lipinski definition) is 5. The first-order valence-electron chi connectivity index (χ1n) is 12.5. The number of rotatable bonds is 8. The molecule has 0 fully saturated rings. The molecule has 4 aromatic rings. The predicted octanol–water partition coefficient (Wildman–Crippen LogP) is 6.61. The average molecular weight is 565 g/mol. The van der Waals surface area contributed by atoms with Crippen molar-refractivity contribution >= 4 is 29.5 Å². The molecule has 3 N–H and O–H groups in total. The third-order valence-corrected chi connectivity index (χ3v) is 5.87. The number of halogens is 3. The molecule has 0 aliphatic carbocycles. The summed E-state index contributed by atoms with van der Waals surface area (Å²) in [5.74, 6) is -0.679. The molecule has 1 heterocycles. The van der Waals surface area contributed by atoms with Gasteiger partial charge in [0.1, 0.15) is 5.75 Å². The largest absolute Gasteiger partial charge is 0.573 e. The summed E-state index contributed by atoms with van der Waals surface area (Å²) in [5, 5.41) is 13.9. The minimum absolute atomic E-state index is 0.154. The highest BCUT2D eigenvalue weighted by Crippen LogP contribution is 2.25. The van der Waals surface area contributed by atoms with Crippen LogP contribution in [0.2, 0.25) is 0 Å². The number of hydrazone groups is 1. The quantitative estimate of drug-likeness (QED) is 0.165. The number of aryl methyl sites for hydroxylation is 1. The summed E-state index contributed by atoms with van der Waals surface area (Å²) in [6, 6.07) is 18.9. The Morgan fingerprint density at radius 1 is 0.951 bits per heavy atom. The molecule has 12 heteroatoms. The Hall–Kier alpha value is -5.13. The Kier molecular flexibility index (Phi) is 8.71. The highest BCUT2D eigenvalue weighted by molar-refractivity contribution is 6.04. The van der Waals surface area contributed by atoms with Gasteiger partial charge in [-0.15, -0.1) is 13.2 Å². The first-order chi connectivity index (χ1) is 19.5. The summed E-state index contributed by atoms with van der Waals surface area (Å²) in [4.78, 5) is 24.8. The van der Waals surface area contributed by atoms with Crippen molar-refractivity contribution in [2.45, 2.75) is 33.1 Å². The SMILES string of the molecule is Cc1nn(-c2ccc(/C=N/NC(=O)Nc3ccccc3C(C)C)cc2)cc1NC(=O)c1ccc(OC(F)(F)F)cc1. The van der Waals surface area contributed by atoms with E-state index in [0.29, 0.717) is 17.1 Å². The lowest BCUT2D eigenvalue weighted by molar-refractivity contribution is -0.274. The second kappa shape index (κ2) is 12.4. The number of benzene rings is 3. The van der Waals surface area contributed by atoms with Crippen molar-refractivity contribution < 1.29 is 27.5 Å². The predicted molar refractivity (Wildman–Crippen MR) is 150 cm³/mol. The molecule has 0 atom stereocenters. The van der Waals surface area contributed by atoms with Crippen LogP contribution >= 0.6 is 0 Å². The maximum atomic E-state index is 12.6. The highest BCUT2D eigenvalue weighted by Gasteiger charge is 2.31. The van der Waals surface area contributed by atoms with Crippen molar-refractivity contribution in [3.05, 3.63) is 101 Å². The number of carbonyl (C=O) groups excluding carboxylic acids is 2. The van der Waals surface area contributed by atoms with Gasteiger partial charge in [0.05, 0.1) is 29.5 Å². The van der Waals surface area contributed by atoms with E-state index in [2.05, 4.69) is 31.0 Å². The number of anilines is 2. The fraction of sp³-hybridized carbons (Fsp3) is 0.172. The Morgan fingerprint density at radius 3 is 2.29 bits per heavy atom.